The number of likely N-dealkylation sites (tertiary alicyclic amines) is 1. The number of hydrogen-bond acceptors (Lipinski definition) is 3. The molecule has 112 valence electrons. The Hall–Kier alpha value is -0.320. The number of hydrogen-bond donors (Lipinski definition) is 1. The largest absolute Gasteiger partial charge is 0.384 e. The van der Waals surface area contributed by atoms with Crippen LogP contribution < -0.4 is 5.32 Å². The van der Waals surface area contributed by atoms with E-state index in [-0.39, 0.29) is 24.2 Å². The first kappa shape index (κ1) is 16.7. The van der Waals surface area contributed by atoms with Crippen molar-refractivity contribution in [1.29, 1.82) is 0 Å². The molecule has 5 heteroatoms. The quantitative estimate of drug-likeness (QED) is 0.809. The van der Waals surface area contributed by atoms with Crippen molar-refractivity contribution in [2.24, 2.45) is 11.8 Å². The summed E-state index contributed by atoms with van der Waals surface area (Å²) in [6.45, 7) is 5.45. The van der Waals surface area contributed by atoms with Gasteiger partial charge in [-0.3, -0.25) is 4.79 Å². The molecule has 1 aliphatic heterocycles. The average molecular weight is 291 g/mol. The zero-order chi connectivity index (χ0) is 13.0. The molecule has 0 aromatic carbocycles. The van der Waals surface area contributed by atoms with Gasteiger partial charge in [-0.1, -0.05) is 6.92 Å². The molecule has 1 unspecified atom stereocenters. The van der Waals surface area contributed by atoms with Crippen molar-refractivity contribution in [3.8, 4) is 0 Å². The van der Waals surface area contributed by atoms with Crippen molar-refractivity contribution in [2.45, 2.75) is 38.6 Å². The Morgan fingerprint density at radius 1 is 1.32 bits per heavy atom. The molecular formula is C14H27ClN2O2. The second-order valence-corrected chi connectivity index (χ2v) is 5.81. The van der Waals surface area contributed by atoms with Gasteiger partial charge in [0.1, 0.15) is 0 Å². The lowest BCUT2D eigenvalue weighted by molar-refractivity contribution is -0.137. The molecule has 0 bridgehead atoms. The van der Waals surface area contributed by atoms with Crippen LogP contribution >= 0.6 is 12.4 Å². The molecule has 1 aliphatic carbocycles. The smallest absolute Gasteiger partial charge is 0.227 e. The molecule has 4 nitrogen and oxygen atoms in total. The zero-order valence-corrected chi connectivity index (χ0v) is 12.9. The maximum atomic E-state index is 12.1. The van der Waals surface area contributed by atoms with Crippen LogP contribution in [0.3, 0.4) is 0 Å². The maximum Gasteiger partial charge on any atom is 0.227 e. The van der Waals surface area contributed by atoms with E-state index < -0.39 is 0 Å². The topological polar surface area (TPSA) is 41.6 Å². The molecule has 0 aromatic rings. The standard InChI is InChI=1S/C14H26N2O2.ClH/c1-11(10-18-2)14(17)16-7-5-13(6-8-16)15-9-12-3-4-12;/h11-13,15H,3-10H2,1-2H3;1H. The molecule has 1 saturated carbocycles. The van der Waals surface area contributed by atoms with Gasteiger partial charge in [0.05, 0.1) is 12.5 Å². The van der Waals surface area contributed by atoms with Gasteiger partial charge >= 0.3 is 0 Å². The van der Waals surface area contributed by atoms with Gasteiger partial charge in [0.25, 0.3) is 0 Å². The number of halogens is 1. The van der Waals surface area contributed by atoms with Crippen LogP contribution in [0.4, 0.5) is 0 Å². The van der Waals surface area contributed by atoms with E-state index in [2.05, 4.69) is 5.32 Å². The highest BCUT2D eigenvalue weighted by Gasteiger charge is 2.27. The maximum absolute atomic E-state index is 12.1. The van der Waals surface area contributed by atoms with Crippen LogP contribution in [0.1, 0.15) is 32.6 Å². The molecule has 1 heterocycles. The highest BCUT2D eigenvalue weighted by atomic mass is 35.5. The Balaban J connectivity index is 0.00000180. The number of methoxy groups -OCH3 is 1. The Morgan fingerprint density at radius 2 is 1.95 bits per heavy atom. The second-order valence-electron chi connectivity index (χ2n) is 5.81. The highest BCUT2D eigenvalue weighted by Crippen LogP contribution is 2.28. The summed E-state index contributed by atoms with van der Waals surface area (Å²) in [5.41, 5.74) is 0. The summed E-state index contributed by atoms with van der Waals surface area (Å²) in [4.78, 5) is 14.1. The Bertz CT molecular complexity index is 277. The fourth-order valence-corrected chi connectivity index (χ4v) is 2.59. The molecule has 19 heavy (non-hydrogen) atoms. The van der Waals surface area contributed by atoms with Gasteiger partial charge in [-0.25, -0.2) is 0 Å². The summed E-state index contributed by atoms with van der Waals surface area (Å²) in [5.74, 6) is 1.18. The number of nitrogens with zero attached hydrogens (tertiary/aromatic N) is 1. The fourth-order valence-electron chi connectivity index (χ4n) is 2.59. The number of rotatable bonds is 6. The number of piperidine rings is 1. The van der Waals surface area contributed by atoms with E-state index in [0.29, 0.717) is 12.6 Å². The number of ether oxygens (including phenoxy) is 1. The van der Waals surface area contributed by atoms with Crippen molar-refractivity contribution in [3.05, 3.63) is 0 Å². The first-order valence-electron chi connectivity index (χ1n) is 7.21. The first-order chi connectivity index (χ1) is 8.70. The van der Waals surface area contributed by atoms with Gasteiger partial charge < -0.3 is 15.0 Å². The molecule has 2 rings (SSSR count). The van der Waals surface area contributed by atoms with Gasteiger partial charge in [0, 0.05) is 26.2 Å². The number of carbonyl (C=O) groups excluding carboxylic acids is 1. The lowest BCUT2D eigenvalue weighted by atomic mass is 10.0. The third kappa shape index (κ3) is 5.28. The molecule has 1 atom stereocenters. The van der Waals surface area contributed by atoms with Crippen LogP contribution in [0.15, 0.2) is 0 Å². The normalized spacial score (nSPS) is 21.9. The predicted octanol–water partition coefficient (Wildman–Crippen LogP) is 1.68. The molecule has 1 N–H and O–H groups in total. The minimum atomic E-state index is -0.00836. The Labute approximate surface area is 122 Å². The third-order valence-corrected chi connectivity index (χ3v) is 4.04. The minimum Gasteiger partial charge on any atom is -0.384 e. The van der Waals surface area contributed by atoms with E-state index in [9.17, 15) is 4.79 Å². The summed E-state index contributed by atoms with van der Waals surface area (Å²) >= 11 is 0. The number of nitrogens with one attached hydrogen (secondary N) is 1. The van der Waals surface area contributed by atoms with Crippen molar-refractivity contribution in [2.75, 3.05) is 33.4 Å². The fraction of sp³-hybridized carbons (Fsp3) is 0.929. The summed E-state index contributed by atoms with van der Waals surface area (Å²) < 4.78 is 5.05. The van der Waals surface area contributed by atoms with E-state index in [0.717, 1.165) is 31.8 Å². The molecule has 0 spiro atoms. The van der Waals surface area contributed by atoms with E-state index in [1.54, 1.807) is 7.11 Å². The third-order valence-electron chi connectivity index (χ3n) is 4.04. The van der Waals surface area contributed by atoms with Gasteiger partial charge in [-0.2, -0.15) is 0 Å². The Kier molecular flexibility index (Phi) is 7.11. The SMILES string of the molecule is COCC(C)C(=O)N1CCC(NCC2CC2)CC1.Cl. The first-order valence-corrected chi connectivity index (χ1v) is 7.21. The predicted molar refractivity (Wildman–Crippen MR) is 78.6 cm³/mol. The van der Waals surface area contributed by atoms with Crippen LogP contribution in [-0.2, 0) is 9.53 Å². The molecular weight excluding hydrogens is 264 g/mol. The van der Waals surface area contributed by atoms with Crippen molar-refractivity contribution < 1.29 is 9.53 Å². The zero-order valence-electron chi connectivity index (χ0n) is 12.1. The summed E-state index contributed by atoms with van der Waals surface area (Å²) in [6.07, 6.45) is 4.99. The minimum absolute atomic E-state index is 0. The molecule has 2 fully saturated rings. The van der Waals surface area contributed by atoms with Gasteiger partial charge in [-0.05, 0) is 38.1 Å². The van der Waals surface area contributed by atoms with Crippen molar-refractivity contribution in [3.63, 3.8) is 0 Å². The van der Waals surface area contributed by atoms with Gasteiger partial charge in [0.15, 0.2) is 0 Å². The number of carbonyl (C=O) groups is 1. The number of amides is 1. The van der Waals surface area contributed by atoms with Crippen molar-refractivity contribution >= 4 is 18.3 Å². The van der Waals surface area contributed by atoms with Gasteiger partial charge in [-0.15, -0.1) is 12.4 Å². The lowest BCUT2D eigenvalue weighted by Crippen LogP contribution is -2.47. The van der Waals surface area contributed by atoms with Crippen LogP contribution in [-0.4, -0.2) is 50.2 Å². The van der Waals surface area contributed by atoms with E-state index in [1.165, 1.54) is 19.4 Å². The Morgan fingerprint density at radius 3 is 2.47 bits per heavy atom. The monoisotopic (exact) mass is 290 g/mol. The molecule has 1 saturated heterocycles. The van der Waals surface area contributed by atoms with E-state index in [4.69, 9.17) is 4.74 Å². The summed E-state index contributed by atoms with van der Waals surface area (Å²) in [6, 6.07) is 0.618. The second kappa shape index (κ2) is 8.08. The molecule has 2 aliphatic rings. The molecule has 1 amide bonds. The average Bonchev–Trinajstić information content (AvgIpc) is 3.20. The van der Waals surface area contributed by atoms with Crippen LogP contribution in [0, 0.1) is 11.8 Å². The molecule has 0 radical (unpaired) electrons. The molecule has 0 aromatic heterocycles. The van der Waals surface area contributed by atoms with Crippen molar-refractivity contribution in [1.82, 2.24) is 10.2 Å². The summed E-state index contributed by atoms with van der Waals surface area (Å²) in [5, 5.41) is 3.63. The van der Waals surface area contributed by atoms with E-state index in [1.807, 2.05) is 11.8 Å². The lowest BCUT2D eigenvalue weighted by Gasteiger charge is -2.34. The summed E-state index contributed by atoms with van der Waals surface area (Å²) in [7, 11) is 1.65. The van der Waals surface area contributed by atoms with Crippen LogP contribution in [0.2, 0.25) is 0 Å². The van der Waals surface area contributed by atoms with Crippen LogP contribution in [0.25, 0.3) is 0 Å². The van der Waals surface area contributed by atoms with Crippen LogP contribution in [0.5, 0.6) is 0 Å². The van der Waals surface area contributed by atoms with E-state index >= 15 is 0 Å². The van der Waals surface area contributed by atoms with Gasteiger partial charge in [0.2, 0.25) is 5.91 Å². The highest BCUT2D eigenvalue weighted by molar-refractivity contribution is 5.85.